The molecule has 0 aliphatic carbocycles. The van der Waals surface area contributed by atoms with Crippen molar-refractivity contribution in [2.75, 3.05) is 26.3 Å². The van der Waals surface area contributed by atoms with Crippen molar-refractivity contribution in [3.63, 3.8) is 0 Å². The van der Waals surface area contributed by atoms with Gasteiger partial charge in [-0.2, -0.15) is 0 Å². The normalized spacial score (nSPS) is 17.3. The number of nitrogens with one attached hydrogen (secondary N) is 2. The topological polar surface area (TPSA) is 175 Å². The lowest BCUT2D eigenvalue weighted by atomic mass is 9.93. The SMILES string of the molecule is CC1(C)COC(c2ccc(C(C)(C)NCC(O)Cn3ccnc3)cc2)=N1.CC1(C)COC(c2ccc(C(C)(C)NCC(O)Cn3ccnc3)cc2)=N1.O. The van der Waals surface area contributed by atoms with Crippen LogP contribution in [0, 0.1) is 0 Å². The van der Waals surface area contributed by atoms with E-state index in [-0.39, 0.29) is 27.6 Å². The standard InChI is InChI=1S/2C20H28N4O2.H2O/c2*1-19(2)13-26-18(23-19)15-5-7-16(8-6-15)20(3,4)22-11-17(25)12-24-10-9-21-14-24;/h2*5-10,14,17,22,25H,11-13H2,1-4H3;1H2. The summed E-state index contributed by atoms with van der Waals surface area (Å²) in [5, 5.41) is 27.3. The highest BCUT2D eigenvalue weighted by atomic mass is 16.5. The van der Waals surface area contributed by atoms with Crippen molar-refractivity contribution in [1.29, 1.82) is 0 Å². The molecule has 4 aromatic rings. The fourth-order valence-electron chi connectivity index (χ4n) is 5.88. The van der Waals surface area contributed by atoms with Gasteiger partial charge in [-0.15, -0.1) is 0 Å². The van der Waals surface area contributed by atoms with Crippen molar-refractivity contribution in [3.05, 3.63) is 108 Å². The summed E-state index contributed by atoms with van der Waals surface area (Å²) >= 11 is 0. The lowest BCUT2D eigenvalue weighted by Crippen LogP contribution is -2.42. The Morgan fingerprint density at radius 3 is 1.30 bits per heavy atom. The summed E-state index contributed by atoms with van der Waals surface area (Å²) in [6.45, 7) is 20.0. The van der Waals surface area contributed by atoms with Crippen molar-refractivity contribution >= 4 is 11.8 Å². The third-order valence-corrected chi connectivity index (χ3v) is 9.16. The van der Waals surface area contributed by atoms with Gasteiger partial charge in [-0.25, -0.2) is 20.0 Å². The Kier molecular flexibility index (Phi) is 13.4. The number of hydrogen-bond acceptors (Lipinski definition) is 10. The number of benzene rings is 2. The smallest absolute Gasteiger partial charge is 0.216 e. The van der Waals surface area contributed by atoms with Gasteiger partial charge in [0.2, 0.25) is 11.8 Å². The summed E-state index contributed by atoms with van der Waals surface area (Å²) in [4.78, 5) is 17.2. The minimum atomic E-state index is -0.480. The van der Waals surface area contributed by atoms with E-state index < -0.39 is 12.2 Å². The van der Waals surface area contributed by atoms with Crippen LogP contribution >= 0.6 is 0 Å². The van der Waals surface area contributed by atoms with E-state index in [9.17, 15) is 10.2 Å². The molecule has 4 heterocycles. The van der Waals surface area contributed by atoms with Crippen LogP contribution < -0.4 is 10.6 Å². The van der Waals surface area contributed by atoms with E-state index in [1.165, 1.54) is 0 Å². The second kappa shape index (κ2) is 17.2. The molecular weight excluding hydrogens is 672 g/mol. The van der Waals surface area contributed by atoms with Gasteiger partial charge in [0.1, 0.15) is 13.2 Å². The molecule has 0 amide bonds. The van der Waals surface area contributed by atoms with Gasteiger partial charge in [0, 0.05) is 60.1 Å². The van der Waals surface area contributed by atoms with E-state index in [4.69, 9.17) is 9.47 Å². The minimum Gasteiger partial charge on any atom is -0.475 e. The van der Waals surface area contributed by atoms with E-state index in [1.54, 1.807) is 25.0 Å². The van der Waals surface area contributed by atoms with Crippen molar-refractivity contribution in [2.24, 2.45) is 9.98 Å². The largest absolute Gasteiger partial charge is 0.475 e. The van der Waals surface area contributed by atoms with Crippen LogP contribution in [0.2, 0.25) is 0 Å². The number of aliphatic imine (C=N–C) groups is 2. The van der Waals surface area contributed by atoms with Gasteiger partial charge in [-0.05, 0) is 90.8 Å². The van der Waals surface area contributed by atoms with E-state index in [0.29, 0.717) is 51.2 Å². The molecule has 2 unspecified atom stereocenters. The Balaban J connectivity index is 0.000000232. The summed E-state index contributed by atoms with van der Waals surface area (Å²) in [6.07, 6.45) is 9.59. The van der Waals surface area contributed by atoms with Gasteiger partial charge < -0.3 is 44.9 Å². The zero-order chi connectivity index (χ0) is 37.6. The quantitative estimate of drug-likeness (QED) is 0.152. The first-order valence-corrected chi connectivity index (χ1v) is 18.0. The van der Waals surface area contributed by atoms with Crippen molar-refractivity contribution in [3.8, 4) is 0 Å². The van der Waals surface area contributed by atoms with E-state index in [1.807, 2.05) is 45.8 Å². The summed E-state index contributed by atoms with van der Waals surface area (Å²) in [6, 6.07) is 16.5. The monoisotopic (exact) mass is 730 g/mol. The first-order chi connectivity index (χ1) is 24.5. The molecule has 6 rings (SSSR count). The minimum absolute atomic E-state index is 0. The lowest BCUT2D eigenvalue weighted by Gasteiger charge is -2.28. The number of aliphatic hydroxyl groups excluding tert-OH is 2. The molecule has 0 saturated heterocycles. The van der Waals surface area contributed by atoms with Gasteiger partial charge in [0.05, 0.1) is 49.0 Å². The van der Waals surface area contributed by atoms with Crippen LogP contribution in [0.4, 0.5) is 0 Å². The maximum absolute atomic E-state index is 10.2. The molecule has 0 saturated carbocycles. The Morgan fingerprint density at radius 1 is 0.660 bits per heavy atom. The molecule has 288 valence electrons. The van der Waals surface area contributed by atoms with E-state index >= 15 is 0 Å². The average molecular weight is 731 g/mol. The fourth-order valence-corrected chi connectivity index (χ4v) is 5.88. The number of aliphatic hydroxyl groups is 2. The molecule has 2 atom stereocenters. The molecule has 0 bridgehead atoms. The third kappa shape index (κ3) is 11.8. The molecule has 53 heavy (non-hydrogen) atoms. The molecule has 0 fully saturated rings. The molecule has 2 aromatic carbocycles. The molecule has 2 aliphatic rings. The molecule has 2 aliphatic heterocycles. The summed E-state index contributed by atoms with van der Waals surface area (Å²) in [7, 11) is 0. The van der Waals surface area contributed by atoms with Crippen LogP contribution in [-0.2, 0) is 33.6 Å². The summed E-state index contributed by atoms with van der Waals surface area (Å²) in [5.74, 6) is 1.42. The molecule has 13 nitrogen and oxygen atoms in total. The molecule has 6 N–H and O–H groups in total. The van der Waals surface area contributed by atoms with Crippen LogP contribution in [0.3, 0.4) is 0 Å². The summed E-state index contributed by atoms with van der Waals surface area (Å²) in [5.41, 5.74) is 3.46. The third-order valence-electron chi connectivity index (χ3n) is 9.16. The fraction of sp³-hybridized carbons (Fsp3) is 0.500. The van der Waals surface area contributed by atoms with E-state index in [2.05, 4.69) is 110 Å². The average Bonchev–Trinajstić information content (AvgIpc) is 3.93. The Morgan fingerprint density at radius 2 is 1.02 bits per heavy atom. The van der Waals surface area contributed by atoms with Gasteiger partial charge in [0.15, 0.2) is 0 Å². The second-order valence-corrected chi connectivity index (χ2v) is 16.0. The zero-order valence-electron chi connectivity index (χ0n) is 32.4. The molecular formula is C40H58N8O5. The molecule has 2 aromatic heterocycles. The van der Waals surface area contributed by atoms with Gasteiger partial charge in [-0.3, -0.25) is 0 Å². The first kappa shape index (κ1) is 41.4. The van der Waals surface area contributed by atoms with Crippen molar-refractivity contribution < 1.29 is 25.2 Å². The number of rotatable bonds is 14. The van der Waals surface area contributed by atoms with Crippen LogP contribution in [0.5, 0.6) is 0 Å². The van der Waals surface area contributed by atoms with Crippen LogP contribution in [0.15, 0.2) is 96.0 Å². The zero-order valence-corrected chi connectivity index (χ0v) is 32.4. The number of ether oxygens (including phenoxy) is 2. The lowest BCUT2D eigenvalue weighted by molar-refractivity contribution is 0.139. The predicted octanol–water partition coefficient (Wildman–Crippen LogP) is 3.82. The highest BCUT2D eigenvalue weighted by Crippen LogP contribution is 2.26. The molecule has 13 heteroatoms. The van der Waals surface area contributed by atoms with Crippen LogP contribution in [0.1, 0.15) is 77.6 Å². The number of hydrogen-bond donors (Lipinski definition) is 4. The van der Waals surface area contributed by atoms with Gasteiger partial charge in [0.25, 0.3) is 0 Å². The van der Waals surface area contributed by atoms with Crippen LogP contribution in [-0.4, -0.2) is 96.2 Å². The Labute approximate surface area is 313 Å². The van der Waals surface area contributed by atoms with Crippen molar-refractivity contribution in [2.45, 2.75) is 103 Å². The Hall–Kier alpha value is -4.40. The maximum Gasteiger partial charge on any atom is 0.216 e. The number of imidazole rings is 2. The highest BCUT2D eigenvalue weighted by Gasteiger charge is 2.29. The maximum atomic E-state index is 10.2. The van der Waals surface area contributed by atoms with Gasteiger partial charge in [-0.1, -0.05) is 24.3 Å². The van der Waals surface area contributed by atoms with Gasteiger partial charge >= 0.3 is 0 Å². The first-order valence-electron chi connectivity index (χ1n) is 18.0. The summed E-state index contributed by atoms with van der Waals surface area (Å²) < 4.78 is 15.2. The molecule has 0 spiro atoms. The number of nitrogens with zero attached hydrogens (tertiary/aromatic N) is 6. The molecule has 0 radical (unpaired) electrons. The highest BCUT2D eigenvalue weighted by molar-refractivity contribution is 5.96. The van der Waals surface area contributed by atoms with Crippen molar-refractivity contribution in [1.82, 2.24) is 29.7 Å². The number of aromatic nitrogens is 4. The van der Waals surface area contributed by atoms with Crippen LogP contribution in [0.25, 0.3) is 0 Å². The van der Waals surface area contributed by atoms with E-state index in [0.717, 1.165) is 22.3 Å². The Bertz CT molecular complexity index is 1630. The second-order valence-electron chi connectivity index (χ2n) is 16.0. The predicted molar refractivity (Wildman–Crippen MR) is 208 cm³/mol.